The molecule has 7 nitrogen and oxygen atoms in total. The zero-order chi connectivity index (χ0) is 28.7. The van der Waals surface area contributed by atoms with Crippen LogP contribution in [0, 0.1) is 19.8 Å². The highest BCUT2D eigenvalue weighted by Crippen LogP contribution is 2.28. The minimum Gasteiger partial charge on any atom is -0.354 e. The molecule has 0 saturated heterocycles. The number of sulfonamides is 1. The maximum absolute atomic E-state index is 14.0. The van der Waals surface area contributed by atoms with Crippen LogP contribution in [0.4, 0.5) is 5.69 Å². The molecule has 1 N–H and O–H groups in total. The van der Waals surface area contributed by atoms with Crippen LogP contribution in [0.5, 0.6) is 0 Å². The van der Waals surface area contributed by atoms with Gasteiger partial charge in [0.25, 0.3) is 10.0 Å². The fourth-order valence-corrected chi connectivity index (χ4v) is 5.74. The van der Waals surface area contributed by atoms with Crippen molar-refractivity contribution in [3.05, 3.63) is 94.5 Å². The molecule has 0 saturated carbocycles. The van der Waals surface area contributed by atoms with Crippen molar-refractivity contribution in [2.45, 2.75) is 52.1 Å². The van der Waals surface area contributed by atoms with Crippen LogP contribution in [0.15, 0.2) is 77.7 Å². The summed E-state index contributed by atoms with van der Waals surface area (Å²) in [7, 11) is -4.14. The van der Waals surface area contributed by atoms with Crippen LogP contribution in [0.1, 0.15) is 37.5 Å². The van der Waals surface area contributed by atoms with Crippen molar-refractivity contribution in [2.75, 3.05) is 17.4 Å². The normalized spacial score (nSPS) is 12.2. The Bertz CT molecular complexity index is 1410. The first-order chi connectivity index (χ1) is 18.4. The van der Waals surface area contributed by atoms with Crippen LogP contribution in [0.25, 0.3) is 0 Å². The van der Waals surface area contributed by atoms with Gasteiger partial charge in [-0.15, -0.1) is 0 Å². The van der Waals surface area contributed by atoms with Crippen LogP contribution in [-0.4, -0.2) is 44.3 Å². The van der Waals surface area contributed by atoms with E-state index in [9.17, 15) is 18.0 Å². The van der Waals surface area contributed by atoms with Gasteiger partial charge in [-0.05, 0) is 68.1 Å². The zero-order valence-corrected chi connectivity index (χ0v) is 24.6. The summed E-state index contributed by atoms with van der Waals surface area (Å²) >= 11 is 6.00. The van der Waals surface area contributed by atoms with Crippen LogP contribution in [-0.2, 0) is 26.2 Å². The average molecular weight is 570 g/mol. The predicted octanol–water partition coefficient (Wildman–Crippen LogP) is 5.34. The van der Waals surface area contributed by atoms with E-state index in [1.807, 2.05) is 45.0 Å². The van der Waals surface area contributed by atoms with Crippen LogP contribution >= 0.6 is 11.6 Å². The van der Waals surface area contributed by atoms with Crippen molar-refractivity contribution >= 4 is 39.1 Å². The van der Waals surface area contributed by atoms with E-state index < -0.39 is 28.5 Å². The number of hydrogen-bond acceptors (Lipinski definition) is 4. The summed E-state index contributed by atoms with van der Waals surface area (Å²) in [6.07, 6.45) is 0. The smallest absolute Gasteiger partial charge is 0.264 e. The lowest BCUT2D eigenvalue weighted by Gasteiger charge is -2.32. The van der Waals surface area contributed by atoms with Crippen molar-refractivity contribution in [1.82, 2.24) is 10.2 Å². The van der Waals surface area contributed by atoms with Crippen molar-refractivity contribution in [1.29, 1.82) is 0 Å². The minimum absolute atomic E-state index is 0.0101. The highest BCUT2D eigenvalue weighted by molar-refractivity contribution is 7.92. The molecule has 208 valence electrons. The zero-order valence-electron chi connectivity index (χ0n) is 23.0. The van der Waals surface area contributed by atoms with E-state index in [0.717, 1.165) is 15.4 Å². The second-order valence-electron chi connectivity index (χ2n) is 10.1. The Morgan fingerprint density at radius 2 is 1.59 bits per heavy atom. The molecular weight excluding hydrogens is 534 g/mol. The Balaban J connectivity index is 2.02. The van der Waals surface area contributed by atoms with Crippen LogP contribution < -0.4 is 9.62 Å². The van der Waals surface area contributed by atoms with E-state index in [1.165, 1.54) is 29.2 Å². The van der Waals surface area contributed by atoms with Gasteiger partial charge in [0.05, 0.1) is 10.6 Å². The molecule has 0 aliphatic heterocycles. The second kappa shape index (κ2) is 13.1. The molecule has 0 fully saturated rings. The molecule has 0 aliphatic carbocycles. The first-order valence-electron chi connectivity index (χ1n) is 12.9. The van der Waals surface area contributed by atoms with Gasteiger partial charge in [0, 0.05) is 18.1 Å². The summed E-state index contributed by atoms with van der Waals surface area (Å²) < 4.78 is 28.8. The molecule has 0 aromatic heterocycles. The third kappa shape index (κ3) is 7.83. The quantitative estimate of drug-likeness (QED) is 0.338. The summed E-state index contributed by atoms with van der Waals surface area (Å²) in [4.78, 5) is 28.5. The number of aryl methyl sites for hydroxylation is 2. The standard InChI is InChI=1S/C30H36ClN3O4S/c1-21(2)18-32-30(36)24(5)33(19-25-11-8-9-22(3)17-25)29(35)20-34(28-12-7-6-10-23(28)4)39(37,38)27-15-13-26(31)14-16-27/h6-17,21,24H,18-20H2,1-5H3,(H,32,36)/t24-/m1/s1. The van der Waals surface area contributed by atoms with Crippen LogP contribution in [0.3, 0.4) is 0 Å². The number of rotatable bonds is 11. The van der Waals surface area contributed by atoms with E-state index in [2.05, 4.69) is 5.32 Å². The molecule has 0 spiro atoms. The highest BCUT2D eigenvalue weighted by Gasteiger charge is 2.33. The summed E-state index contributed by atoms with van der Waals surface area (Å²) in [6.45, 7) is 9.52. The third-order valence-corrected chi connectivity index (χ3v) is 8.38. The van der Waals surface area contributed by atoms with Crippen molar-refractivity contribution < 1.29 is 18.0 Å². The number of para-hydroxylation sites is 1. The number of halogens is 1. The van der Waals surface area contributed by atoms with Crippen LogP contribution in [0.2, 0.25) is 5.02 Å². The van der Waals surface area contributed by atoms with Gasteiger partial charge in [-0.1, -0.05) is 73.5 Å². The molecule has 3 rings (SSSR count). The summed E-state index contributed by atoms with van der Waals surface area (Å²) in [5.74, 6) is -0.555. The van der Waals surface area contributed by atoms with Gasteiger partial charge < -0.3 is 10.2 Å². The molecule has 9 heteroatoms. The van der Waals surface area contributed by atoms with E-state index >= 15 is 0 Å². The summed E-state index contributed by atoms with van der Waals surface area (Å²) in [5.41, 5.74) is 2.93. The Morgan fingerprint density at radius 3 is 2.21 bits per heavy atom. The molecular formula is C30H36ClN3O4S. The number of nitrogens with one attached hydrogen (secondary N) is 1. The molecule has 0 bridgehead atoms. The first-order valence-corrected chi connectivity index (χ1v) is 14.7. The van der Waals surface area contributed by atoms with Crippen molar-refractivity contribution in [3.63, 3.8) is 0 Å². The molecule has 39 heavy (non-hydrogen) atoms. The lowest BCUT2D eigenvalue weighted by molar-refractivity contribution is -0.139. The topological polar surface area (TPSA) is 86.8 Å². The largest absolute Gasteiger partial charge is 0.354 e. The molecule has 0 aliphatic rings. The fraction of sp³-hybridized carbons (Fsp3) is 0.333. The number of nitrogens with zero attached hydrogens (tertiary/aromatic N) is 2. The first kappa shape index (κ1) is 30.2. The molecule has 3 aromatic rings. The second-order valence-corrected chi connectivity index (χ2v) is 12.4. The monoisotopic (exact) mass is 569 g/mol. The van der Waals surface area contributed by atoms with Gasteiger partial charge in [-0.3, -0.25) is 13.9 Å². The Hall–Kier alpha value is -3.36. The van der Waals surface area contributed by atoms with E-state index in [1.54, 1.807) is 38.1 Å². The summed E-state index contributed by atoms with van der Waals surface area (Å²) in [6, 6.07) is 19.7. The van der Waals surface area contributed by atoms with Gasteiger partial charge in [0.2, 0.25) is 11.8 Å². The Labute approximate surface area is 236 Å². The number of anilines is 1. The van der Waals surface area contributed by atoms with Crippen molar-refractivity contribution in [3.8, 4) is 0 Å². The van der Waals surface area contributed by atoms with Gasteiger partial charge in [0.15, 0.2) is 0 Å². The molecule has 0 heterocycles. The molecule has 0 radical (unpaired) electrons. The van der Waals surface area contributed by atoms with Crippen molar-refractivity contribution in [2.24, 2.45) is 5.92 Å². The van der Waals surface area contributed by atoms with Gasteiger partial charge in [0.1, 0.15) is 12.6 Å². The minimum atomic E-state index is -4.14. The lowest BCUT2D eigenvalue weighted by atomic mass is 10.1. The molecule has 2 amide bonds. The predicted molar refractivity (Wildman–Crippen MR) is 156 cm³/mol. The Kier molecular flexibility index (Phi) is 10.2. The van der Waals surface area contributed by atoms with Gasteiger partial charge >= 0.3 is 0 Å². The van der Waals surface area contributed by atoms with E-state index in [4.69, 9.17) is 11.6 Å². The third-order valence-electron chi connectivity index (χ3n) is 6.35. The Morgan fingerprint density at radius 1 is 0.923 bits per heavy atom. The molecule has 1 atom stereocenters. The number of benzene rings is 3. The SMILES string of the molecule is Cc1cccc(CN(C(=O)CN(c2ccccc2C)S(=O)(=O)c2ccc(Cl)cc2)[C@H](C)C(=O)NCC(C)C)c1. The van der Waals surface area contributed by atoms with E-state index in [0.29, 0.717) is 22.8 Å². The average Bonchev–Trinajstić information content (AvgIpc) is 2.89. The lowest BCUT2D eigenvalue weighted by Crippen LogP contribution is -2.51. The molecule has 3 aromatic carbocycles. The number of carbonyl (C=O) groups is 2. The maximum atomic E-state index is 14.0. The van der Waals surface area contributed by atoms with Gasteiger partial charge in [-0.2, -0.15) is 0 Å². The molecule has 0 unspecified atom stereocenters. The number of amides is 2. The number of hydrogen-bond donors (Lipinski definition) is 1. The fourth-order valence-electron chi connectivity index (χ4n) is 4.13. The highest BCUT2D eigenvalue weighted by atomic mass is 35.5. The number of carbonyl (C=O) groups excluding carboxylic acids is 2. The van der Waals surface area contributed by atoms with Gasteiger partial charge in [-0.25, -0.2) is 8.42 Å². The van der Waals surface area contributed by atoms with E-state index in [-0.39, 0.29) is 23.3 Å². The maximum Gasteiger partial charge on any atom is 0.264 e. The summed E-state index contributed by atoms with van der Waals surface area (Å²) in [5, 5.41) is 3.29.